The Hall–Kier alpha value is -1.68. The van der Waals surface area contributed by atoms with Crippen molar-refractivity contribution in [1.29, 1.82) is 0 Å². The Morgan fingerprint density at radius 3 is 2.79 bits per heavy atom. The Morgan fingerprint density at radius 2 is 2.04 bits per heavy atom. The van der Waals surface area contributed by atoms with Crippen molar-refractivity contribution in [3.63, 3.8) is 0 Å². The third-order valence-electron chi connectivity index (χ3n) is 5.23. The molecule has 0 saturated carbocycles. The molecular formula is C20H32IN7. The molecule has 154 valence electrons. The molecule has 1 atom stereocenters. The van der Waals surface area contributed by atoms with Crippen molar-refractivity contribution in [2.75, 3.05) is 26.7 Å². The lowest BCUT2D eigenvalue weighted by atomic mass is 9.99. The molecule has 28 heavy (non-hydrogen) atoms. The Kier molecular flexibility index (Phi) is 9.17. The number of benzene rings is 1. The normalized spacial score (nSPS) is 15.5. The summed E-state index contributed by atoms with van der Waals surface area (Å²) in [4.78, 5) is 6.87. The van der Waals surface area contributed by atoms with Crippen molar-refractivity contribution in [3.8, 4) is 0 Å². The van der Waals surface area contributed by atoms with Crippen LogP contribution in [-0.2, 0) is 25.9 Å². The molecular weight excluding hydrogens is 465 g/mol. The number of aryl methyl sites for hydroxylation is 1. The molecule has 0 radical (unpaired) electrons. The lowest BCUT2D eigenvalue weighted by Crippen LogP contribution is -2.47. The number of halogens is 1. The van der Waals surface area contributed by atoms with E-state index in [0.717, 1.165) is 57.3 Å². The van der Waals surface area contributed by atoms with E-state index >= 15 is 0 Å². The van der Waals surface area contributed by atoms with Gasteiger partial charge in [-0.15, -0.1) is 34.2 Å². The zero-order chi connectivity index (χ0) is 19.1. The van der Waals surface area contributed by atoms with Crippen LogP contribution in [0.5, 0.6) is 0 Å². The van der Waals surface area contributed by atoms with Crippen LogP contribution >= 0.6 is 24.0 Å². The van der Waals surface area contributed by atoms with Crippen LogP contribution in [0.4, 0.5) is 0 Å². The molecule has 8 heteroatoms. The number of guanidine groups is 1. The van der Waals surface area contributed by atoms with E-state index in [1.54, 1.807) is 6.33 Å². The first-order chi connectivity index (χ1) is 13.2. The van der Waals surface area contributed by atoms with Gasteiger partial charge in [-0.2, -0.15) is 0 Å². The molecule has 0 fully saturated rings. The predicted molar refractivity (Wildman–Crippen MR) is 124 cm³/mol. The molecule has 0 amide bonds. The van der Waals surface area contributed by atoms with Gasteiger partial charge in [0.25, 0.3) is 0 Å². The van der Waals surface area contributed by atoms with Crippen LogP contribution < -0.4 is 10.6 Å². The van der Waals surface area contributed by atoms with Gasteiger partial charge in [-0.25, -0.2) is 0 Å². The van der Waals surface area contributed by atoms with E-state index < -0.39 is 0 Å². The highest BCUT2D eigenvalue weighted by Crippen LogP contribution is 2.19. The molecule has 1 aliphatic rings. The quantitative estimate of drug-likeness (QED) is 0.348. The minimum absolute atomic E-state index is 0. The number of nitrogens with zero attached hydrogens (tertiary/aromatic N) is 5. The molecule has 2 aromatic rings. The van der Waals surface area contributed by atoms with Crippen molar-refractivity contribution in [2.45, 2.75) is 45.8 Å². The van der Waals surface area contributed by atoms with Crippen LogP contribution in [0.3, 0.4) is 0 Å². The van der Waals surface area contributed by atoms with Crippen LogP contribution in [0.15, 0.2) is 35.6 Å². The summed E-state index contributed by atoms with van der Waals surface area (Å²) >= 11 is 0. The summed E-state index contributed by atoms with van der Waals surface area (Å²) in [5.41, 5.74) is 2.95. The van der Waals surface area contributed by atoms with Gasteiger partial charge in [0.05, 0.1) is 0 Å². The highest BCUT2D eigenvalue weighted by Gasteiger charge is 2.20. The highest BCUT2D eigenvalue weighted by atomic mass is 127. The van der Waals surface area contributed by atoms with E-state index in [1.807, 2.05) is 7.05 Å². The molecule has 1 aromatic carbocycles. The van der Waals surface area contributed by atoms with Gasteiger partial charge in [-0.1, -0.05) is 31.2 Å². The summed E-state index contributed by atoms with van der Waals surface area (Å²) in [6, 6.07) is 9.22. The van der Waals surface area contributed by atoms with E-state index in [-0.39, 0.29) is 24.0 Å². The maximum Gasteiger partial charge on any atom is 0.191 e. The summed E-state index contributed by atoms with van der Waals surface area (Å²) in [6.07, 6.45) is 3.81. The van der Waals surface area contributed by atoms with Gasteiger partial charge in [0, 0.05) is 52.2 Å². The molecule has 0 saturated heterocycles. The Morgan fingerprint density at radius 1 is 1.25 bits per heavy atom. The average Bonchev–Trinajstić information content (AvgIpc) is 3.17. The summed E-state index contributed by atoms with van der Waals surface area (Å²) in [5.74, 6) is 1.85. The summed E-state index contributed by atoms with van der Waals surface area (Å²) in [5, 5.41) is 14.9. The largest absolute Gasteiger partial charge is 0.355 e. The molecule has 2 N–H and O–H groups in total. The van der Waals surface area contributed by atoms with Gasteiger partial charge in [0.15, 0.2) is 5.96 Å². The van der Waals surface area contributed by atoms with Crippen molar-refractivity contribution >= 4 is 29.9 Å². The average molecular weight is 497 g/mol. The fraction of sp³-hybridized carbons (Fsp3) is 0.550. The van der Waals surface area contributed by atoms with E-state index in [2.05, 4.69) is 73.4 Å². The molecule has 0 bridgehead atoms. The number of hydrogen-bond acceptors (Lipinski definition) is 4. The second-order valence-corrected chi connectivity index (χ2v) is 7.01. The summed E-state index contributed by atoms with van der Waals surface area (Å²) < 4.78 is 2.08. The van der Waals surface area contributed by atoms with Crippen molar-refractivity contribution in [3.05, 3.63) is 47.5 Å². The lowest BCUT2D eigenvalue weighted by Gasteiger charge is -2.34. The van der Waals surface area contributed by atoms with Crippen molar-refractivity contribution in [1.82, 2.24) is 30.3 Å². The van der Waals surface area contributed by atoms with Gasteiger partial charge in [0.2, 0.25) is 0 Å². The van der Waals surface area contributed by atoms with Crippen LogP contribution in [0.25, 0.3) is 0 Å². The Bertz CT molecular complexity index is 759. The van der Waals surface area contributed by atoms with Gasteiger partial charge < -0.3 is 15.2 Å². The smallest absolute Gasteiger partial charge is 0.191 e. The second kappa shape index (κ2) is 11.4. The second-order valence-electron chi connectivity index (χ2n) is 7.01. The molecule has 3 rings (SSSR count). The van der Waals surface area contributed by atoms with Gasteiger partial charge in [-0.05, 0) is 24.5 Å². The predicted octanol–water partition coefficient (Wildman–Crippen LogP) is 2.07. The van der Waals surface area contributed by atoms with E-state index in [9.17, 15) is 0 Å². The molecule has 1 aliphatic heterocycles. The minimum Gasteiger partial charge on any atom is -0.355 e. The molecule has 1 unspecified atom stereocenters. The maximum absolute atomic E-state index is 4.34. The van der Waals surface area contributed by atoms with Crippen LogP contribution in [-0.4, -0.2) is 58.3 Å². The Balaban J connectivity index is 0.00000280. The number of nitrogens with one attached hydrogen (secondary N) is 2. The summed E-state index contributed by atoms with van der Waals surface area (Å²) in [7, 11) is 1.81. The number of hydrogen-bond donors (Lipinski definition) is 2. The zero-order valence-corrected chi connectivity index (χ0v) is 19.4. The minimum atomic E-state index is 0. The number of fused-ring (bicyclic) bond motifs is 1. The van der Waals surface area contributed by atoms with Crippen LogP contribution in [0.1, 0.15) is 30.8 Å². The topological polar surface area (TPSA) is 70.4 Å². The molecule has 2 heterocycles. The fourth-order valence-electron chi connectivity index (χ4n) is 3.52. The first kappa shape index (κ1) is 22.6. The molecule has 0 aliphatic carbocycles. The van der Waals surface area contributed by atoms with Crippen LogP contribution in [0, 0.1) is 0 Å². The highest BCUT2D eigenvalue weighted by molar-refractivity contribution is 14.0. The van der Waals surface area contributed by atoms with E-state index in [1.165, 1.54) is 11.1 Å². The lowest BCUT2D eigenvalue weighted by molar-refractivity contribution is 0.191. The van der Waals surface area contributed by atoms with Gasteiger partial charge >= 0.3 is 0 Å². The first-order valence-electron chi connectivity index (χ1n) is 9.83. The van der Waals surface area contributed by atoms with Crippen LogP contribution in [0.2, 0.25) is 0 Å². The van der Waals surface area contributed by atoms with Crippen molar-refractivity contribution in [2.24, 2.45) is 4.99 Å². The Labute approximate surface area is 185 Å². The van der Waals surface area contributed by atoms with Crippen molar-refractivity contribution < 1.29 is 0 Å². The fourth-order valence-corrected chi connectivity index (χ4v) is 3.52. The third kappa shape index (κ3) is 5.91. The molecule has 7 nitrogen and oxygen atoms in total. The SMILES string of the molecule is CCc1nncn1CCNC(=NC)NCC(C)N1CCc2ccccc2C1.I. The van der Waals surface area contributed by atoms with E-state index in [0.29, 0.717) is 6.04 Å². The monoisotopic (exact) mass is 497 g/mol. The maximum atomic E-state index is 4.34. The zero-order valence-electron chi connectivity index (χ0n) is 17.1. The summed E-state index contributed by atoms with van der Waals surface area (Å²) in [6.45, 7) is 8.99. The number of rotatable bonds is 7. The number of aliphatic imine (C=N–C) groups is 1. The van der Waals surface area contributed by atoms with Gasteiger partial charge in [0.1, 0.15) is 12.2 Å². The third-order valence-corrected chi connectivity index (χ3v) is 5.23. The standard InChI is InChI=1S/C20H31N7.HI/c1-4-19-25-24-15-27(19)12-10-22-20(21-3)23-13-16(2)26-11-9-17-7-5-6-8-18(17)14-26;/h5-8,15-16H,4,9-14H2,1-3H3,(H2,21,22,23);1H. The molecule has 1 aromatic heterocycles. The first-order valence-corrected chi connectivity index (χ1v) is 9.83. The van der Waals surface area contributed by atoms with Gasteiger partial charge in [-0.3, -0.25) is 9.89 Å². The number of aromatic nitrogens is 3. The molecule has 0 spiro atoms. The van der Waals surface area contributed by atoms with E-state index in [4.69, 9.17) is 0 Å².